The monoisotopic (exact) mass is 419 g/mol. The van der Waals surface area contributed by atoms with E-state index in [0.29, 0.717) is 23.4 Å². The molecule has 2 atom stereocenters. The molecule has 0 aliphatic carbocycles. The van der Waals surface area contributed by atoms with Gasteiger partial charge in [-0.3, -0.25) is 4.79 Å². The normalized spacial score (nSPS) is 18.4. The maximum atomic E-state index is 13.9. The van der Waals surface area contributed by atoms with Crippen LogP contribution >= 0.6 is 11.6 Å². The smallest absolute Gasteiger partial charge is 0.326 e. The lowest BCUT2D eigenvalue weighted by Crippen LogP contribution is -2.42. The van der Waals surface area contributed by atoms with Crippen molar-refractivity contribution in [2.45, 2.75) is 31.8 Å². The van der Waals surface area contributed by atoms with Gasteiger partial charge in [0.15, 0.2) is 0 Å². The molecule has 5 heteroatoms. The Bertz CT molecular complexity index is 1100. The van der Waals surface area contributed by atoms with Crippen molar-refractivity contribution in [3.8, 4) is 11.1 Å². The second-order valence-electron chi connectivity index (χ2n) is 7.54. The van der Waals surface area contributed by atoms with Gasteiger partial charge in [0.1, 0.15) is 6.04 Å². The van der Waals surface area contributed by atoms with Gasteiger partial charge in [0, 0.05) is 5.02 Å². The molecule has 0 radical (unpaired) electrons. The molecule has 1 aliphatic heterocycles. The number of carbonyl (C=O) groups is 2. The van der Waals surface area contributed by atoms with Crippen molar-refractivity contribution < 1.29 is 14.7 Å². The number of hydrogen-bond acceptors (Lipinski definition) is 2. The lowest BCUT2D eigenvalue weighted by Gasteiger charge is -2.30. The van der Waals surface area contributed by atoms with Crippen molar-refractivity contribution in [3.05, 3.63) is 94.5 Å². The molecule has 0 saturated carbocycles. The molecule has 2 unspecified atom stereocenters. The Kier molecular flexibility index (Phi) is 5.60. The molecule has 3 aromatic rings. The molecule has 1 amide bonds. The number of carboxylic acid groups (broad SMARTS) is 1. The van der Waals surface area contributed by atoms with E-state index in [1.165, 1.54) is 4.90 Å². The first-order valence-corrected chi connectivity index (χ1v) is 10.3. The standard InChI is InChI=1S/C25H22ClNO3/c1-16-8-7-12-18(17-9-3-2-4-10-17)23(16)24(28)27-21(14-15-22(27)25(29)30)19-11-5-6-13-20(19)26/h2-13,21-22H,14-15H2,1H3,(H,29,30). The number of nitrogens with zero attached hydrogens (tertiary/aromatic N) is 1. The summed E-state index contributed by atoms with van der Waals surface area (Å²) in [4.78, 5) is 27.4. The minimum atomic E-state index is -0.993. The Hall–Kier alpha value is -3.11. The van der Waals surface area contributed by atoms with E-state index in [9.17, 15) is 14.7 Å². The van der Waals surface area contributed by atoms with Gasteiger partial charge in [0.05, 0.1) is 11.6 Å². The molecule has 1 N–H and O–H groups in total. The van der Waals surface area contributed by atoms with E-state index in [4.69, 9.17) is 11.6 Å². The number of amides is 1. The van der Waals surface area contributed by atoms with Crippen molar-refractivity contribution in [2.75, 3.05) is 0 Å². The maximum Gasteiger partial charge on any atom is 0.326 e. The van der Waals surface area contributed by atoms with Gasteiger partial charge in [-0.1, -0.05) is 78.3 Å². The van der Waals surface area contributed by atoms with E-state index in [1.807, 2.05) is 73.7 Å². The van der Waals surface area contributed by atoms with Gasteiger partial charge in [-0.25, -0.2) is 4.79 Å². The Morgan fingerprint density at radius 3 is 2.33 bits per heavy atom. The van der Waals surface area contributed by atoms with Gasteiger partial charge in [0.2, 0.25) is 0 Å². The van der Waals surface area contributed by atoms with Crippen molar-refractivity contribution in [2.24, 2.45) is 0 Å². The average molecular weight is 420 g/mol. The second-order valence-corrected chi connectivity index (χ2v) is 7.95. The maximum absolute atomic E-state index is 13.9. The van der Waals surface area contributed by atoms with Crippen molar-refractivity contribution >= 4 is 23.5 Å². The van der Waals surface area contributed by atoms with Crippen LogP contribution in [0.3, 0.4) is 0 Å². The highest BCUT2D eigenvalue weighted by molar-refractivity contribution is 6.31. The van der Waals surface area contributed by atoms with Crippen LogP contribution in [0.25, 0.3) is 11.1 Å². The fourth-order valence-electron chi connectivity index (χ4n) is 4.33. The summed E-state index contributed by atoms with van der Waals surface area (Å²) in [6.45, 7) is 1.88. The van der Waals surface area contributed by atoms with E-state index in [1.54, 1.807) is 6.07 Å². The molecule has 4 nitrogen and oxygen atoms in total. The second kappa shape index (κ2) is 8.33. The van der Waals surface area contributed by atoms with Gasteiger partial charge < -0.3 is 10.0 Å². The number of aliphatic carboxylic acids is 1. The molecular weight excluding hydrogens is 398 g/mol. The third-order valence-electron chi connectivity index (χ3n) is 5.74. The quantitative estimate of drug-likeness (QED) is 0.586. The summed E-state index contributed by atoms with van der Waals surface area (Å²) in [5.74, 6) is -1.27. The van der Waals surface area contributed by atoms with Crippen LogP contribution in [0.15, 0.2) is 72.8 Å². The highest BCUT2D eigenvalue weighted by atomic mass is 35.5. The van der Waals surface area contributed by atoms with Gasteiger partial charge in [0.25, 0.3) is 5.91 Å². The summed E-state index contributed by atoms with van der Waals surface area (Å²) < 4.78 is 0. The molecule has 1 saturated heterocycles. The zero-order valence-electron chi connectivity index (χ0n) is 16.6. The highest BCUT2D eigenvalue weighted by Crippen LogP contribution is 2.41. The first-order valence-electron chi connectivity index (χ1n) is 9.94. The van der Waals surface area contributed by atoms with Crippen LogP contribution < -0.4 is 0 Å². The number of rotatable bonds is 4. The van der Waals surface area contributed by atoms with Crippen molar-refractivity contribution in [3.63, 3.8) is 0 Å². The molecule has 0 aromatic heterocycles. The molecule has 1 heterocycles. The Morgan fingerprint density at radius 1 is 0.933 bits per heavy atom. The van der Waals surface area contributed by atoms with E-state index in [0.717, 1.165) is 22.3 Å². The summed E-state index contributed by atoms with van der Waals surface area (Å²) in [6, 6.07) is 21.5. The molecule has 152 valence electrons. The predicted molar refractivity (Wildman–Crippen MR) is 118 cm³/mol. The topological polar surface area (TPSA) is 57.6 Å². The summed E-state index contributed by atoms with van der Waals surface area (Å²) >= 11 is 6.42. The Balaban J connectivity index is 1.84. The van der Waals surface area contributed by atoms with E-state index >= 15 is 0 Å². The first-order chi connectivity index (χ1) is 14.5. The van der Waals surface area contributed by atoms with Gasteiger partial charge in [-0.05, 0) is 48.1 Å². The first kappa shape index (κ1) is 20.2. The van der Waals surface area contributed by atoms with E-state index in [-0.39, 0.29) is 11.9 Å². The lowest BCUT2D eigenvalue weighted by molar-refractivity contribution is -0.141. The molecule has 1 fully saturated rings. The molecule has 0 spiro atoms. The van der Waals surface area contributed by atoms with Crippen LogP contribution in [0.4, 0.5) is 0 Å². The molecule has 0 bridgehead atoms. The zero-order valence-corrected chi connectivity index (χ0v) is 17.3. The lowest BCUT2D eigenvalue weighted by atomic mass is 9.94. The van der Waals surface area contributed by atoms with Crippen molar-refractivity contribution in [1.82, 2.24) is 4.90 Å². The number of hydrogen-bond donors (Lipinski definition) is 1. The highest BCUT2D eigenvalue weighted by Gasteiger charge is 2.43. The fraction of sp³-hybridized carbons (Fsp3) is 0.200. The summed E-state index contributed by atoms with van der Waals surface area (Å²) in [7, 11) is 0. The van der Waals surface area contributed by atoms with Gasteiger partial charge >= 0.3 is 5.97 Å². The van der Waals surface area contributed by atoms with E-state index < -0.39 is 12.0 Å². The number of aryl methyl sites for hydroxylation is 1. The fourth-order valence-corrected chi connectivity index (χ4v) is 4.59. The van der Waals surface area contributed by atoms with Crippen LogP contribution in [-0.2, 0) is 4.79 Å². The zero-order chi connectivity index (χ0) is 21.3. The summed E-state index contributed by atoms with van der Waals surface area (Å²) in [5, 5.41) is 10.4. The molecule has 3 aromatic carbocycles. The molecule has 4 rings (SSSR count). The van der Waals surface area contributed by atoms with Crippen LogP contribution in [0.5, 0.6) is 0 Å². The van der Waals surface area contributed by atoms with Crippen LogP contribution in [0, 0.1) is 6.92 Å². The predicted octanol–water partition coefficient (Wildman–Crippen LogP) is 5.75. The minimum absolute atomic E-state index is 0.276. The SMILES string of the molecule is Cc1cccc(-c2ccccc2)c1C(=O)N1C(C(=O)O)CCC1c1ccccc1Cl. The number of carbonyl (C=O) groups excluding carboxylic acids is 1. The van der Waals surface area contributed by atoms with E-state index in [2.05, 4.69) is 0 Å². The van der Waals surface area contributed by atoms with Gasteiger partial charge in [-0.15, -0.1) is 0 Å². The number of carboxylic acids is 1. The third-order valence-corrected chi connectivity index (χ3v) is 6.08. The Labute approximate surface area is 180 Å². The number of benzene rings is 3. The molecular formula is C25H22ClNO3. The van der Waals surface area contributed by atoms with Gasteiger partial charge in [-0.2, -0.15) is 0 Å². The summed E-state index contributed by atoms with van der Waals surface area (Å²) in [5.41, 5.74) is 3.86. The Morgan fingerprint density at radius 2 is 1.63 bits per heavy atom. The average Bonchev–Trinajstić information content (AvgIpc) is 3.19. The number of halogens is 1. The number of likely N-dealkylation sites (tertiary alicyclic amines) is 1. The van der Waals surface area contributed by atoms with Crippen molar-refractivity contribution in [1.29, 1.82) is 0 Å². The largest absolute Gasteiger partial charge is 0.480 e. The van der Waals surface area contributed by atoms with Crippen LogP contribution in [0.1, 0.15) is 40.4 Å². The van der Waals surface area contributed by atoms with Crippen LogP contribution in [0.2, 0.25) is 5.02 Å². The minimum Gasteiger partial charge on any atom is -0.480 e. The molecule has 1 aliphatic rings. The molecule has 30 heavy (non-hydrogen) atoms. The third kappa shape index (κ3) is 3.59. The van der Waals surface area contributed by atoms with Crippen LogP contribution in [-0.4, -0.2) is 27.9 Å². The summed E-state index contributed by atoms with van der Waals surface area (Å²) in [6.07, 6.45) is 0.947.